The predicted molar refractivity (Wildman–Crippen MR) is 121 cm³/mol. The number of fused-ring (bicyclic) bond motifs is 1. The topological polar surface area (TPSA) is 54.9 Å². The standard InChI is InChI=1S/C21H22F3N3O3S.ClH/c1-26(2)10-11-27(19(28)12-14-4-6-15(29-3)7-5-14)20-25-17-9-8-16(13-18(17)31-20)30-21(22,23)24;/h4-9,13H,10-12H2,1-3H3;1H. The van der Waals surface area contributed by atoms with Gasteiger partial charge in [-0.25, -0.2) is 4.98 Å². The fourth-order valence-corrected chi connectivity index (χ4v) is 3.88. The van der Waals surface area contributed by atoms with Crippen molar-refractivity contribution >= 4 is 45.0 Å². The van der Waals surface area contributed by atoms with Crippen molar-refractivity contribution in [2.45, 2.75) is 12.8 Å². The maximum atomic E-state index is 13.1. The van der Waals surface area contributed by atoms with Crippen molar-refractivity contribution in [2.24, 2.45) is 0 Å². The molecule has 0 saturated heterocycles. The first-order chi connectivity index (χ1) is 14.6. The Balaban J connectivity index is 0.00000363. The first-order valence-electron chi connectivity index (χ1n) is 9.39. The minimum Gasteiger partial charge on any atom is -0.497 e. The molecule has 174 valence electrons. The first-order valence-corrected chi connectivity index (χ1v) is 10.2. The molecule has 6 nitrogen and oxygen atoms in total. The molecule has 0 aliphatic rings. The fourth-order valence-electron chi connectivity index (χ4n) is 2.85. The van der Waals surface area contributed by atoms with Gasteiger partial charge in [-0.3, -0.25) is 9.69 Å². The van der Waals surface area contributed by atoms with Crippen molar-refractivity contribution in [3.05, 3.63) is 48.0 Å². The number of thiazole rings is 1. The summed E-state index contributed by atoms with van der Waals surface area (Å²) in [5.74, 6) is 0.223. The van der Waals surface area contributed by atoms with E-state index in [1.54, 1.807) is 24.1 Å². The molecule has 0 aliphatic carbocycles. The van der Waals surface area contributed by atoms with Gasteiger partial charge in [0.05, 0.1) is 23.7 Å². The van der Waals surface area contributed by atoms with Gasteiger partial charge in [-0.15, -0.1) is 25.6 Å². The third kappa shape index (κ3) is 6.98. The van der Waals surface area contributed by atoms with E-state index in [1.807, 2.05) is 31.1 Å². The third-order valence-corrected chi connectivity index (χ3v) is 5.44. The summed E-state index contributed by atoms with van der Waals surface area (Å²) in [5.41, 5.74) is 1.32. The molecule has 0 fully saturated rings. The Morgan fingerprint density at radius 1 is 1.06 bits per heavy atom. The molecular formula is C21H23ClF3N3O3S. The Bertz CT molecular complexity index is 1040. The second-order valence-electron chi connectivity index (χ2n) is 7.05. The summed E-state index contributed by atoms with van der Waals surface area (Å²) < 4.78 is 47.2. The van der Waals surface area contributed by atoms with E-state index in [1.165, 1.54) is 18.2 Å². The first kappa shape index (κ1) is 25.7. The number of carbonyl (C=O) groups excluding carboxylic acids is 1. The minimum absolute atomic E-state index is 0. The van der Waals surface area contributed by atoms with E-state index >= 15 is 0 Å². The largest absolute Gasteiger partial charge is 0.573 e. The quantitative estimate of drug-likeness (QED) is 0.456. The zero-order valence-corrected chi connectivity index (χ0v) is 19.3. The molecule has 32 heavy (non-hydrogen) atoms. The van der Waals surface area contributed by atoms with E-state index in [4.69, 9.17) is 4.74 Å². The van der Waals surface area contributed by atoms with Gasteiger partial charge < -0.3 is 14.4 Å². The van der Waals surface area contributed by atoms with Crippen LogP contribution < -0.4 is 14.4 Å². The molecule has 0 N–H and O–H groups in total. The summed E-state index contributed by atoms with van der Waals surface area (Å²) in [5, 5.41) is 0.430. The lowest BCUT2D eigenvalue weighted by molar-refractivity contribution is -0.274. The molecule has 0 spiro atoms. The Labute approximate surface area is 194 Å². The maximum Gasteiger partial charge on any atom is 0.573 e. The molecule has 2 aromatic carbocycles. The zero-order valence-electron chi connectivity index (χ0n) is 17.7. The molecule has 1 amide bonds. The molecule has 0 unspecified atom stereocenters. The number of nitrogens with zero attached hydrogens (tertiary/aromatic N) is 3. The van der Waals surface area contributed by atoms with Crippen molar-refractivity contribution in [3.8, 4) is 11.5 Å². The van der Waals surface area contributed by atoms with E-state index in [0.29, 0.717) is 34.2 Å². The maximum absolute atomic E-state index is 13.1. The number of carbonyl (C=O) groups is 1. The molecule has 3 rings (SSSR count). The normalized spacial score (nSPS) is 11.3. The van der Waals surface area contributed by atoms with Gasteiger partial charge in [0.15, 0.2) is 5.13 Å². The molecular weight excluding hydrogens is 467 g/mol. The van der Waals surface area contributed by atoms with Crippen molar-refractivity contribution < 1.29 is 27.4 Å². The van der Waals surface area contributed by atoms with Gasteiger partial charge in [0, 0.05) is 19.2 Å². The molecule has 11 heteroatoms. The van der Waals surface area contributed by atoms with E-state index in [2.05, 4.69) is 9.72 Å². The predicted octanol–water partition coefficient (Wildman–Crippen LogP) is 4.76. The number of anilines is 1. The number of halogens is 4. The Morgan fingerprint density at radius 2 is 1.72 bits per heavy atom. The molecule has 3 aromatic rings. The van der Waals surface area contributed by atoms with Crippen LogP contribution in [0.15, 0.2) is 42.5 Å². The average molecular weight is 490 g/mol. The number of hydrogen-bond acceptors (Lipinski definition) is 6. The average Bonchev–Trinajstić information content (AvgIpc) is 3.10. The van der Waals surface area contributed by atoms with Crippen LogP contribution in [-0.4, -0.2) is 56.4 Å². The molecule has 0 saturated carbocycles. The summed E-state index contributed by atoms with van der Waals surface area (Å²) >= 11 is 1.15. The summed E-state index contributed by atoms with van der Waals surface area (Å²) in [6.07, 6.45) is -4.61. The van der Waals surface area contributed by atoms with Crippen LogP contribution in [0.2, 0.25) is 0 Å². The molecule has 0 bridgehead atoms. The van der Waals surface area contributed by atoms with E-state index in [0.717, 1.165) is 16.9 Å². The van der Waals surface area contributed by atoms with Crippen molar-refractivity contribution in [3.63, 3.8) is 0 Å². The SMILES string of the molecule is COc1ccc(CC(=O)N(CCN(C)C)c2nc3ccc(OC(F)(F)F)cc3s2)cc1.Cl. The number of ether oxygens (including phenoxy) is 2. The van der Waals surface area contributed by atoms with E-state index in [9.17, 15) is 18.0 Å². The number of benzene rings is 2. The summed E-state index contributed by atoms with van der Waals surface area (Å²) in [4.78, 5) is 21.1. The van der Waals surface area contributed by atoms with Gasteiger partial charge in [-0.05, 0) is 43.9 Å². The van der Waals surface area contributed by atoms with Crippen LogP contribution in [0, 0.1) is 0 Å². The highest BCUT2D eigenvalue weighted by Crippen LogP contribution is 2.33. The lowest BCUT2D eigenvalue weighted by Gasteiger charge is -2.22. The molecule has 0 atom stereocenters. The number of hydrogen-bond donors (Lipinski definition) is 0. The van der Waals surface area contributed by atoms with Crippen LogP contribution in [0.4, 0.5) is 18.3 Å². The second-order valence-corrected chi connectivity index (χ2v) is 8.06. The minimum atomic E-state index is -4.77. The molecule has 0 radical (unpaired) electrons. The Morgan fingerprint density at radius 3 is 2.31 bits per heavy atom. The van der Waals surface area contributed by atoms with Crippen molar-refractivity contribution in [2.75, 3.05) is 39.2 Å². The lowest BCUT2D eigenvalue weighted by atomic mass is 10.1. The van der Waals surface area contributed by atoms with Gasteiger partial charge in [0.1, 0.15) is 11.5 Å². The Kier molecular flexibility index (Phi) is 8.71. The highest BCUT2D eigenvalue weighted by molar-refractivity contribution is 7.22. The van der Waals surface area contributed by atoms with Gasteiger partial charge in [0.25, 0.3) is 0 Å². The highest BCUT2D eigenvalue weighted by Gasteiger charge is 2.31. The van der Waals surface area contributed by atoms with Crippen molar-refractivity contribution in [1.29, 1.82) is 0 Å². The van der Waals surface area contributed by atoms with Crippen LogP contribution >= 0.6 is 23.7 Å². The highest BCUT2D eigenvalue weighted by atomic mass is 35.5. The monoisotopic (exact) mass is 489 g/mol. The van der Waals surface area contributed by atoms with Gasteiger partial charge in [-0.1, -0.05) is 23.5 Å². The molecule has 1 aromatic heterocycles. The zero-order chi connectivity index (χ0) is 22.6. The van der Waals surface area contributed by atoms with Gasteiger partial charge in [-0.2, -0.15) is 0 Å². The number of amides is 1. The fraction of sp³-hybridized carbons (Fsp3) is 0.333. The van der Waals surface area contributed by atoms with Crippen LogP contribution in [0.5, 0.6) is 11.5 Å². The smallest absolute Gasteiger partial charge is 0.497 e. The number of likely N-dealkylation sites (N-methyl/N-ethyl adjacent to an activating group) is 1. The van der Waals surface area contributed by atoms with Gasteiger partial charge >= 0.3 is 6.36 Å². The van der Waals surface area contributed by atoms with E-state index in [-0.39, 0.29) is 30.5 Å². The van der Waals surface area contributed by atoms with Gasteiger partial charge in [0.2, 0.25) is 5.91 Å². The third-order valence-electron chi connectivity index (χ3n) is 4.40. The van der Waals surface area contributed by atoms with Crippen molar-refractivity contribution in [1.82, 2.24) is 9.88 Å². The lowest BCUT2D eigenvalue weighted by Crippen LogP contribution is -2.37. The Hall–Kier alpha value is -2.56. The number of aromatic nitrogens is 1. The summed E-state index contributed by atoms with van der Waals surface area (Å²) in [7, 11) is 5.36. The van der Waals surface area contributed by atoms with Crippen LogP contribution in [0.25, 0.3) is 10.2 Å². The molecule has 0 aliphatic heterocycles. The number of alkyl halides is 3. The number of methoxy groups -OCH3 is 1. The molecule has 1 heterocycles. The second kappa shape index (κ2) is 10.8. The van der Waals surface area contributed by atoms with E-state index < -0.39 is 6.36 Å². The van der Waals surface area contributed by atoms with Crippen LogP contribution in [-0.2, 0) is 11.2 Å². The summed E-state index contributed by atoms with van der Waals surface area (Å²) in [6.45, 7) is 1.00. The van der Waals surface area contributed by atoms with Crippen LogP contribution in [0.3, 0.4) is 0 Å². The number of rotatable bonds is 8. The van der Waals surface area contributed by atoms with Crippen LogP contribution in [0.1, 0.15) is 5.56 Å². The summed E-state index contributed by atoms with van der Waals surface area (Å²) in [6, 6.07) is 11.2.